The van der Waals surface area contributed by atoms with E-state index in [1.54, 1.807) is 0 Å². The first-order chi connectivity index (χ1) is 8.81. The predicted octanol–water partition coefficient (Wildman–Crippen LogP) is 3.03. The molecule has 1 aliphatic heterocycles. The van der Waals surface area contributed by atoms with Crippen LogP contribution in [-0.2, 0) is 9.53 Å². The maximum absolute atomic E-state index is 11.9. The van der Waals surface area contributed by atoms with Crippen molar-refractivity contribution in [2.24, 2.45) is 5.92 Å². The van der Waals surface area contributed by atoms with Crippen LogP contribution in [0.1, 0.15) is 64.7 Å². The molecule has 3 nitrogen and oxygen atoms in total. The van der Waals surface area contributed by atoms with E-state index in [9.17, 15) is 4.79 Å². The number of carbonyl (C=O) groups excluding carboxylic acids is 1. The third-order valence-electron chi connectivity index (χ3n) is 4.39. The Bertz CT molecular complexity index is 253. The molecule has 3 atom stereocenters. The molecule has 2 rings (SSSR count). The monoisotopic (exact) mass is 253 g/mol. The molecule has 3 heteroatoms. The zero-order chi connectivity index (χ0) is 12.8. The van der Waals surface area contributed by atoms with Gasteiger partial charge < -0.3 is 10.1 Å². The Morgan fingerprint density at radius 3 is 2.83 bits per heavy atom. The van der Waals surface area contributed by atoms with Gasteiger partial charge in [-0.05, 0) is 31.6 Å². The lowest BCUT2D eigenvalue weighted by molar-refractivity contribution is -0.146. The summed E-state index contributed by atoms with van der Waals surface area (Å²) in [6.07, 6.45) is 10.8. The first-order valence-electron chi connectivity index (χ1n) is 7.74. The van der Waals surface area contributed by atoms with Gasteiger partial charge in [0, 0.05) is 6.04 Å². The zero-order valence-electron chi connectivity index (χ0n) is 11.6. The van der Waals surface area contributed by atoms with Gasteiger partial charge in [-0.1, -0.05) is 39.0 Å². The van der Waals surface area contributed by atoms with Crippen LogP contribution >= 0.6 is 0 Å². The Labute approximate surface area is 111 Å². The fraction of sp³-hybridized carbons (Fsp3) is 0.933. The summed E-state index contributed by atoms with van der Waals surface area (Å²) in [4.78, 5) is 11.9. The van der Waals surface area contributed by atoms with Crippen LogP contribution in [0.2, 0.25) is 0 Å². The van der Waals surface area contributed by atoms with Crippen molar-refractivity contribution in [3.63, 3.8) is 0 Å². The van der Waals surface area contributed by atoms with Gasteiger partial charge in [-0.25, -0.2) is 0 Å². The van der Waals surface area contributed by atoms with Gasteiger partial charge >= 0.3 is 5.97 Å². The lowest BCUT2D eigenvalue weighted by atomic mass is 9.85. The molecule has 3 unspecified atom stereocenters. The number of fused-ring (bicyclic) bond motifs is 1. The third-order valence-corrected chi connectivity index (χ3v) is 4.39. The normalized spacial score (nSPS) is 31.1. The van der Waals surface area contributed by atoms with E-state index < -0.39 is 0 Å². The molecule has 0 bridgehead atoms. The van der Waals surface area contributed by atoms with E-state index in [2.05, 4.69) is 12.2 Å². The largest absolute Gasteiger partial charge is 0.465 e. The molecule has 0 amide bonds. The van der Waals surface area contributed by atoms with Crippen LogP contribution in [0, 0.1) is 5.92 Å². The van der Waals surface area contributed by atoms with E-state index >= 15 is 0 Å². The SMILES string of the molecule is CCCCCCOC(=O)C1CC2CCCCC2N1. The van der Waals surface area contributed by atoms with Gasteiger partial charge in [0.15, 0.2) is 0 Å². The molecule has 1 saturated heterocycles. The summed E-state index contributed by atoms with van der Waals surface area (Å²) in [6, 6.07) is 0.556. The number of nitrogens with one attached hydrogen (secondary N) is 1. The molecule has 0 aromatic rings. The van der Waals surface area contributed by atoms with Crippen LogP contribution in [0.5, 0.6) is 0 Å². The van der Waals surface area contributed by atoms with Gasteiger partial charge in [0.1, 0.15) is 6.04 Å². The van der Waals surface area contributed by atoms with Crippen LogP contribution in [0.4, 0.5) is 0 Å². The quantitative estimate of drug-likeness (QED) is 0.584. The second-order valence-corrected chi connectivity index (χ2v) is 5.83. The maximum Gasteiger partial charge on any atom is 0.323 e. The van der Waals surface area contributed by atoms with Gasteiger partial charge in [-0.2, -0.15) is 0 Å². The fourth-order valence-electron chi connectivity index (χ4n) is 3.30. The van der Waals surface area contributed by atoms with Gasteiger partial charge in [-0.3, -0.25) is 4.79 Å². The topological polar surface area (TPSA) is 38.3 Å². The summed E-state index contributed by atoms with van der Waals surface area (Å²) in [5.41, 5.74) is 0. The van der Waals surface area contributed by atoms with Crippen molar-refractivity contribution in [1.82, 2.24) is 5.32 Å². The molecule has 0 spiro atoms. The first-order valence-corrected chi connectivity index (χ1v) is 7.74. The number of carbonyl (C=O) groups is 1. The number of esters is 1. The summed E-state index contributed by atoms with van der Waals surface area (Å²) < 4.78 is 5.38. The summed E-state index contributed by atoms with van der Waals surface area (Å²) in [6.45, 7) is 2.79. The zero-order valence-corrected chi connectivity index (χ0v) is 11.6. The Balaban J connectivity index is 1.64. The summed E-state index contributed by atoms with van der Waals surface area (Å²) in [5, 5.41) is 3.47. The van der Waals surface area contributed by atoms with E-state index in [1.807, 2.05) is 0 Å². The van der Waals surface area contributed by atoms with Crippen molar-refractivity contribution >= 4 is 5.97 Å². The highest BCUT2D eigenvalue weighted by molar-refractivity contribution is 5.76. The molecule has 1 heterocycles. The maximum atomic E-state index is 11.9. The molecule has 104 valence electrons. The average molecular weight is 253 g/mol. The molecule has 1 saturated carbocycles. The molecule has 2 aliphatic rings. The lowest BCUT2D eigenvalue weighted by Crippen LogP contribution is -2.38. The molecule has 1 aliphatic carbocycles. The molecule has 2 fully saturated rings. The van der Waals surface area contributed by atoms with Crippen molar-refractivity contribution < 1.29 is 9.53 Å². The summed E-state index contributed by atoms with van der Waals surface area (Å²) >= 11 is 0. The Morgan fingerprint density at radius 2 is 2.06 bits per heavy atom. The van der Waals surface area contributed by atoms with Crippen molar-refractivity contribution in [3.05, 3.63) is 0 Å². The minimum atomic E-state index is -0.0238. The van der Waals surface area contributed by atoms with Crippen LogP contribution in [0.25, 0.3) is 0 Å². The van der Waals surface area contributed by atoms with E-state index in [4.69, 9.17) is 4.74 Å². The Kier molecular flexibility index (Phi) is 5.48. The van der Waals surface area contributed by atoms with E-state index in [1.165, 1.54) is 44.9 Å². The Morgan fingerprint density at radius 1 is 1.22 bits per heavy atom. The van der Waals surface area contributed by atoms with E-state index in [0.717, 1.165) is 18.8 Å². The van der Waals surface area contributed by atoms with Gasteiger partial charge in [0.25, 0.3) is 0 Å². The Hall–Kier alpha value is -0.570. The van der Waals surface area contributed by atoms with Gasteiger partial charge in [-0.15, -0.1) is 0 Å². The molecule has 0 aromatic heterocycles. The summed E-state index contributed by atoms with van der Waals surface area (Å²) in [7, 11) is 0. The minimum absolute atomic E-state index is 0.0131. The smallest absolute Gasteiger partial charge is 0.323 e. The van der Waals surface area contributed by atoms with E-state index in [0.29, 0.717) is 12.6 Å². The molecule has 0 aromatic carbocycles. The standard InChI is InChI=1S/C15H27NO2/c1-2-3-4-7-10-18-15(17)14-11-12-8-5-6-9-13(12)16-14/h12-14,16H,2-11H2,1H3. The van der Waals surface area contributed by atoms with E-state index in [-0.39, 0.29) is 12.0 Å². The van der Waals surface area contributed by atoms with Crippen LogP contribution in [0.3, 0.4) is 0 Å². The lowest BCUT2D eigenvalue weighted by Gasteiger charge is -2.24. The van der Waals surface area contributed by atoms with Crippen molar-refractivity contribution in [3.8, 4) is 0 Å². The first kappa shape index (κ1) is 13.9. The number of unbranched alkanes of at least 4 members (excludes halogenated alkanes) is 3. The molecule has 18 heavy (non-hydrogen) atoms. The van der Waals surface area contributed by atoms with Gasteiger partial charge in [0.2, 0.25) is 0 Å². The molecule has 0 radical (unpaired) electrons. The number of rotatable bonds is 6. The molecular weight excluding hydrogens is 226 g/mol. The van der Waals surface area contributed by atoms with Crippen molar-refractivity contribution in [1.29, 1.82) is 0 Å². The van der Waals surface area contributed by atoms with Crippen molar-refractivity contribution in [2.75, 3.05) is 6.61 Å². The third kappa shape index (κ3) is 3.71. The molecule has 1 N–H and O–H groups in total. The number of hydrogen-bond donors (Lipinski definition) is 1. The predicted molar refractivity (Wildman–Crippen MR) is 72.4 cm³/mol. The second-order valence-electron chi connectivity index (χ2n) is 5.83. The second kappa shape index (κ2) is 7.13. The fourth-order valence-corrected chi connectivity index (χ4v) is 3.30. The van der Waals surface area contributed by atoms with Crippen LogP contribution < -0.4 is 5.32 Å². The van der Waals surface area contributed by atoms with Gasteiger partial charge in [0.05, 0.1) is 6.61 Å². The highest BCUT2D eigenvalue weighted by atomic mass is 16.5. The number of hydrogen-bond acceptors (Lipinski definition) is 3. The van der Waals surface area contributed by atoms with Crippen LogP contribution in [-0.4, -0.2) is 24.7 Å². The number of ether oxygens (including phenoxy) is 1. The average Bonchev–Trinajstić information content (AvgIpc) is 2.82. The molecular formula is C15H27NO2. The minimum Gasteiger partial charge on any atom is -0.465 e. The highest BCUT2D eigenvalue weighted by Gasteiger charge is 2.38. The van der Waals surface area contributed by atoms with Crippen LogP contribution in [0.15, 0.2) is 0 Å². The van der Waals surface area contributed by atoms with Crippen molar-refractivity contribution in [2.45, 2.75) is 76.8 Å². The summed E-state index contributed by atoms with van der Waals surface area (Å²) in [5.74, 6) is 0.706. The highest BCUT2D eigenvalue weighted by Crippen LogP contribution is 2.33.